The first-order valence-corrected chi connectivity index (χ1v) is 8.02. The topological polar surface area (TPSA) is 34.1 Å². The van der Waals surface area contributed by atoms with Crippen LogP contribution in [0.15, 0.2) is 0 Å². The number of aromatic nitrogens is 1. The standard InChI is InChI=1S/C14H22N2OS/c1-2-7-15-9-12-13(10-5-6-10)16-14(18-12)11-4-3-8-17-11/h10-11,15H,2-9H2,1H3. The lowest BCUT2D eigenvalue weighted by Gasteiger charge is -2.03. The Morgan fingerprint density at radius 2 is 2.28 bits per heavy atom. The molecule has 1 aromatic heterocycles. The fourth-order valence-corrected chi connectivity index (χ4v) is 3.68. The van der Waals surface area contributed by atoms with Crippen molar-refractivity contribution in [3.05, 3.63) is 15.6 Å². The van der Waals surface area contributed by atoms with Crippen LogP contribution in [0.1, 0.15) is 66.6 Å². The van der Waals surface area contributed by atoms with E-state index in [1.165, 1.54) is 41.3 Å². The highest BCUT2D eigenvalue weighted by molar-refractivity contribution is 7.11. The highest BCUT2D eigenvalue weighted by Gasteiger charge is 2.31. The number of nitrogens with zero attached hydrogens (tertiary/aromatic N) is 1. The van der Waals surface area contributed by atoms with Gasteiger partial charge >= 0.3 is 0 Å². The van der Waals surface area contributed by atoms with Crippen LogP contribution in [0, 0.1) is 0 Å². The normalized spacial score (nSPS) is 23.7. The van der Waals surface area contributed by atoms with Gasteiger partial charge in [0.05, 0.1) is 5.69 Å². The van der Waals surface area contributed by atoms with Gasteiger partial charge in [-0.25, -0.2) is 4.98 Å². The van der Waals surface area contributed by atoms with Gasteiger partial charge in [-0.15, -0.1) is 11.3 Å². The molecule has 1 saturated heterocycles. The Labute approximate surface area is 113 Å². The molecule has 4 heteroatoms. The Morgan fingerprint density at radius 3 is 2.94 bits per heavy atom. The number of nitrogens with one attached hydrogen (secondary N) is 1. The minimum atomic E-state index is 0.285. The van der Waals surface area contributed by atoms with Crippen LogP contribution < -0.4 is 5.32 Å². The summed E-state index contributed by atoms with van der Waals surface area (Å²) < 4.78 is 5.76. The molecule has 1 aliphatic carbocycles. The summed E-state index contributed by atoms with van der Waals surface area (Å²) >= 11 is 1.88. The first-order valence-electron chi connectivity index (χ1n) is 7.20. The number of ether oxygens (including phenoxy) is 1. The molecule has 2 heterocycles. The molecule has 0 radical (unpaired) electrons. The van der Waals surface area contributed by atoms with Gasteiger partial charge in [-0.05, 0) is 38.6 Å². The molecule has 1 atom stereocenters. The van der Waals surface area contributed by atoms with Crippen molar-refractivity contribution in [2.45, 2.75) is 57.6 Å². The maximum absolute atomic E-state index is 5.76. The van der Waals surface area contributed by atoms with Gasteiger partial charge in [-0.1, -0.05) is 6.92 Å². The monoisotopic (exact) mass is 266 g/mol. The van der Waals surface area contributed by atoms with E-state index >= 15 is 0 Å². The summed E-state index contributed by atoms with van der Waals surface area (Å²) in [7, 11) is 0. The molecule has 18 heavy (non-hydrogen) atoms. The first-order chi connectivity index (χ1) is 8.88. The van der Waals surface area contributed by atoms with E-state index in [9.17, 15) is 0 Å². The fraction of sp³-hybridized carbons (Fsp3) is 0.786. The number of hydrogen-bond donors (Lipinski definition) is 1. The second kappa shape index (κ2) is 5.68. The Hall–Kier alpha value is -0.450. The van der Waals surface area contributed by atoms with Gasteiger partial charge in [-0.3, -0.25) is 0 Å². The van der Waals surface area contributed by atoms with Crippen molar-refractivity contribution in [3.8, 4) is 0 Å². The Morgan fingerprint density at radius 1 is 1.39 bits per heavy atom. The SMILES string of the molecule is CCCNCc1sc(C2CCCO2)nc1C1CC1. The van der Waals surface area contributed by atoms with Crippen LogP contribution in [0.25, 0.3) is 0 Å². The molecule has 1 N–H and O–H groups in total. The third-order valence-electron chi connectivity index (χ3n) is 3.63. The van der Waals surface area contributed by atoms with E-state index in [-0.39, 0.29) is 6.10 Å². The van der Waals surface area contributed by atoms with Gasteiger partial charge in [-0.2, -0.15) is 0 Å². The largest absolute Gasteiger partial charge is 0.371 e. The molecule has 1 aromatic rings. The summed E-state index contributed by atoms with van der Waals surface area (Å²) in [6.07, 6.45) is 6.47. The number of rotatable bonds is 6. The summed E-state index contributed by atoms with van der Waals surface area (Å²) in [5, 5.41) is 4.73. The van der Waals surface area contributed by atoms with Crippen molar-refractivity contribution in [3.63, 3.8) is 0 Å². The van der Waals surface area contributed by atoms with Crippen molar-refractivity contribution in [1.82, 2.24) is 10.3 Å². The van der Waals surface area contributed by atoms with Crippen molar-refractivity contribution in [2.75, 3.05) is 13.2 Å². The lowest BCUT2D eigenvalue weighted by molar-refractivity contribution is 0.111. The summed E-state index contributed by atoms with van der Waals surface area (Å²) in [5.41, 5.74) is 1.37. The maximum Gasteiger partial charge on any atom is 0.122 e. The third kappa shape index (κ3) is 2.76. The van der Waals surface area contributed by atoms with E-state index in [0.29, 0.717) is 0 Å². The van der Waals surface area contributed by atoms with Gasteiger partial charge in [0.2, 0.25) is 0 Å². The van der Waals surface area contributed by atoms with Crippen molar-refractivity contribution >= 4 is 11.3 Å². The van der Waals surface area contributed by atoms with Gasteiger partial charge in [0.15, 0.2) is 0 Å². The van der Waals surface area contributed by atoms with Crippen LogP contribution in [0.5, 0.6) is 0 Å². The Balaban J connectivity index is 1.73. The molecule has 0 aromatic carbocycles. The van der Waals surface area contributed by atoms with Crippen LogP contribution >= 0.6 is 11.3 Å². The van der Waals surface area contributed by atoms with E-state index in [4.69, 9.17) is 9.72 Å². The zero-order valence-corrected chi connectivity index (χ0v) is 11.9. The second-order valence-electron chi connectivity index (χ2n) is 5.31. The zero-order chi connectivity index (χ0) is 12.4. The fourth-order valence-electron chi connectivity index (χ4n) is 2.47. The average Bonchev–Trinajstić information content (AvgIpc) is 2.93. The molecule has 1 saturated carbocycles. The summed E-state index contributed by atoms with van der Waals surface area (Å²) in [6, 6.07) is 0. The van der Waals surface area contributed by atoms with Crippen molar-refractivity contribution in [1.29, 1.82) is 0 Å². The van der Waals surface area contributed by atoms with Gasteiger partial charge < -0.3 is 10.1 Å². The zero-order valence-electron chi connectivity index (χ0n) is 11.1. The molecule has 0 spiro atoms. The lowest BCUT2D eigenvalue weighted by Crippen LogP contribution is -2.13. The van der Waals surface area contributed by atoms with E-state index < -0.39 is 0 Å². The first kappa shape index (κ1) is 12.6. The summed E-state index contributed by atoms with van der Waals surface area (Å²) in [4.78, 5) is 6.34. The second-order valence-corrected chi connectivity index (χ2v) is 6.43. The number of thiazole rings is 1. The molecule has 2 fully saturated rings. The quantitative estimate of drug-likeness (QED) is 0.802. The van der Waals surface area contributed by atoms with Gasteiger partial charge in [0, 0.05) is 23.9 Å². The minimum Gasteiger partial charge on any atom is -0.371 e. The third-order valence-corrected chi connectivity index (χ3v) is 4.79. The highest BCUT2D eigenvalue weighted by atomic mass is 32.1. The molecular formula is C14H22N2OS. The highest BCUT2D eigenvalue weighted by Crippen LogP contribution is 2.44. The molecule has 3 nitrogen and oxygen atoms in total. The van der Waals surface area contributed by atoms with E-state index in [0.717, 1.165) is 32.0 Å². The number of hydrogen-bond acceptors (Lipinski definition) is 4. The van der Waals surface area contributed by atoms with Gasteiger partial charge in [0.1, 0.15) is 11.1 Å². The molecule has 100 valence electrons. The average molecular weight is 266 g/mol. The molecule has 0 amide bonds. The van der Waals surface area contributed by atoms with Crippen molar-refractivity contribution < 1.29 is 4.74 Å². The van der Waals surface area contributed by atoms with Crippen molar-refractivity contribution in [2.24, 2.45) is 0 Å². The minimum absolute atomic E-state index is 0.285. The molecule has 1 unspecified atom stereocenters. The predicted octanol–water partition coefficient (Wildman–Crippen LogP) is 3.37. The lowest BCUT2D eigenvalue weighted by atomic mass is 10.2. The Kier molecular flexibility index (Phi) is 3.97. The van der Waals surface area contributed by atoms with E-state index in [1.807, 2.05) is 11.3 Å². The molecule has 0 bridgehead atoms. The Bertz CT molecular complexity index is 394. The maximum atomic E-state index is 5.76. The van der Waals surface area contributed by atoms with Crippen LogP contribution in [0.2, 0.25) is 0 Å². The van der Waals surface area contributed by atoms with E-state index in [2.05, 4.69) is 12.2 Å². The van der Waals surface area contributed by atoms with Crippen LogP contribution in [-0.2, 0) is 11.3 Å². The molecule has 1 aliphatic heterocycles. The van der Waals surface area contributed by atoms with Crippen LogP contribution in [-0.4, -0.2) is 18.1 Å². The smallest absolute Gasteiger partial charge is 0.122 e. The predicted molar refractivity (Wildman–Crippen MR) is 74.0 cm³/mol. The molecular weight excluding hydrogens is 244 g/mol. The van der Waals surface area contributed by atoms with E-state index in [1.54, 1.807) is 0 Å². The van der Waals surface area contributed by atoms with Crippen LogP contribution in [0.3, 0.4) is 0 Å². The van der Waals surface area contributed by atoms with Gasteiger partial charge in [0.25, 0.3) is 0 Å². The van der Waals surface area contributed by atoms with Crippen LogP contribution in [0.4, 0.5) is 0 Å². The summed E-state index contributed by atoms with van der Waals surface area (Å²) in [6.45, 7) is 5.20. The molecule has 3 rings (SSSR count). The summed E-state index contributed by atoms with van der Waals surface area (Å²) in [5.74, 6) is 0.745. The molecule has 2 aliphatic rings.